The van der Waals surface area contributed by atoms with Gasteiger partial charge in [-0.25, -0.2) is 19.4 Å². The molecule has 3 aromatic heterocycles. The maximum atomic E-state index is 11.1. The lowest BCUT2D eigenvalue weighted by atomic mass is 10.1. The van der Waals surface area contributed by atoms with E-state index in [4.69, 9.17) is 15.6 Å². The predicted octanol–water partition coefficient (Wildman–Crippen LogP) is 1.37. The van der Waals surface area contributed by atoms with Crippen LogP contribution >= 0.6 is 0 Å². The van der Waals surface area contributed by atoms with Gasteiger partial charge in [-0.1, -0.05) is 17.3 Å². The van der Waals surface area contributed by atoms with Gasteiger partial charge in [0, 0.05) is 11.6 Å². The highest BCUT2D eigenvalue weighted by atomic mass is 16.5. The van der Waals surface area contributed by atoms with Crippen molar-refractivity contribution in [2.24, 2.45) is 0 Å². The van der Waals surface area contributed by atoms with Crippen molar-refractivity contribution in [3.8, 4) is 17.1 Å². The molecule has 0 aliphatic heterocycles. The molecular weight excluding hydrogens is 376 g/mol. The third kappa shape index (κ3) is 3.45. The van der Waals surface area contributed by atoms with E-state index in [0.29, 0.717) is 34.9 Å². The van der Waals surface area contributed by atoms with Crippen molar-refractivity contribution < 1.29 is 14.6 Å². The topological polar surface area (TPSA) is 147 Å². The lowest BCUT2D eigenvalue weighted by Gasteiger charge is -2.07. The number of ether oxygens (including phenoxy) is 1. The Hall–Kier alpha value is -4.02. The van der Waals surface area contributed by atoms with Crippen molar-refractivity contribution in [2.75, 3.05) is 12.8 Å². The largest absolute Gasteiger partial charge is 0.494 e. The van der Waals surface area contributed by atoms with Crippen molar-refractivity contribution in [2.45, 2.75) is 19.5 Å². The van der Waals surface area contributed by atoms with E-state index in [-0.39, 0.29) is 5.95 Å². The number of nitrogen functional groups attached to an aromatic ring is 1. The van der Waals surface area contributed by atoms with Gasteiger partial charge in [0.25, 0.3) is 0 Å². The molecule has 0 saturated carbocycles. The molecule has 0 radical (unpaired) electrons. The molecule has 11 heteroatoms. The van der Waals surface area contributed by atoms with E-state index in [1.165, 1.54) is 4.68 Å². The molecule has 3 N–H and O–H groups in total. The number of benzene rings is 1. The minimum absolute atomic E-state index is 0.105. The highest BCUT2D eigenvalue weighted by Gasteiger charge is 2.17. The lowest BCUT2D eigenvalue weighted by Crippen LogP contribution is -2.16. The standard InChI is InChI=1S/C18H18N8O3/c1-10(17(27)28)26-7-6-11(23-26)8-25-9-13(22-24-25)15-12-4-3-5-14(29-2)16(12)21-18(19)20-15/h3-7,9-10H,8H2,1-2H3,(H,27,28)(H2,19,20,21). The molecule has 0 bridgehead atoms. The molecule has 1 atom stereocenters. The number of hydrogen-bond donors (Lipinski definition) is 2. The van der Waals surface area contributed by atoms with Gasteiger partial charge >= 0.3 is 5.97 Å². The van der Waals surface area contributed by atoms with Crippen LogP contribution in [0.4, 0.5) is 5.95 Å². The van der Waals surface area contributed by atoms with Crippen molar-refractivity contribution in [1.29, 1.82) is 0 Å². The fraction of sp³-hybridized carbons (Fsp3) is 0.222. The van der Waals surface area contributed by atoms with Gasteiger partial charge in [0.1, 0.15) is 28.7 Å². The van der Waals surface area contributed by atoms with Gasteiger partial charge < -0.3 is 15.6 Å². The van der Waals surface area contributed by atoms with Crippen LogP contribution in [0.3, 0.4) is 0 Å². The Morgan fingerprint density at radius 3 is 2.90 bits per heavy atom. The van der Waals surface area contributed by atoms with Crippen LogP contribution in [0.15, 0.2) is 36.7 Å². The van der Waals surface area contributed by atoms with Crippen LogP contribution in [0.1, 0.15) is 18.7 Å². The molecule has 11 nitrogen and oxygen atoms in total. The lowest BCUT2D eigenvalue weighted by molar-refractivity contribution is -0.140. The van der Waals surface area contributed by atoms with E-state index < -0.39 is 12.0 Å². The Kier molecular flexibility index (Phi) is 4.55. The molecule has 0 amide bonds. The highest BCUT2D eigenvalue weighted by Crippen LogP contribution is 2.30. The molecule has 0 aliphatic carbocycles. The molecule has 4 rings (SSSR count). The molecular formula is C18H18N8O3. The molecule has 148 valence electrons. The summed E-state index contributed by atoms with van der Waals surface area (Å²) in [7, 11) is 1.56. The summed E-state index contributed by atoms with van der Waals surface area (Å²) in [6.45, 7) is 1.89. The zero-order chi connectivity index (χ0) is 20.5. The summed E-state index contributed by atoms with van der Waals surface area (Å²) in [6, 6.07) is 6.49. The molecule has 1 aromatic carbocycles. The van der Waals surface area contributed by atoms with E-state index >= 15 is 0 Å². The number of hydrogen-bond acceptors (Lipinski definition) is 8. The number of carboxylic acid groups (broad SMARTS) is 1. The van der Waals surface area contributed by atoms with Crippen LogP contribution in [0.2, 0.25) is 0 Å². The molecule has 0 aliphatic rings. The van der Waals surface area contributed by atoms with Crippen LogP contribution in [-0.4, -0.2) is 52.9 Å². The monoisotopic (exact) mass is 394 g/mol. The van der Waals surface area contributed by atoms with Crippen LogP contribution in [-0.2, 0) is 11.3 Å². The third-order valence-electron chi connectivity index (χ3n) is 4.45. The van der Waals surface area contributed by atoms with Gasteiger partial charge in [0.05, 0.1) is 25.5 Å². The quantitative estimate of drug-likeness (QED) is 0.495. The first kappa shape index (κ1) is 18.3. The number of para-hydroxylation sites is 1. The minimum atomic E-state index is -0.952. The van der Waals surface area contributed by atoms with Crippen molar-refractivity contribution in [1.82, 2.24) is 34.7 Å². The maximum absolute atomic E-state index is 11.1. The summed E-state index contributed by atoms with van der Waals surface area (Å²) in [5, 5.41) is 22.4. The number of carboxylic acids is 1. The van der Waals surface area contributed by atoms with Crippen LogP contribution in [0, 0.1) is 0 Å². The van der Waals surface area contributed by atoms with Gasteiger partial charge in [-0.05, 0) is 19.1 Å². The average Bonchev–Trinajstić information content (AvgIpc) is 3.36. The van der Waals surface area contributed by atoms with Crippen molar-refractivity contribution in [3.05, 3.63) is 42.4 Å². The second-order valence-corrected chi connectivity index (χ2v) is 6.39. The van der Waals surface area contributed by atoms with Gasteiger partial charge in [-0.2, -0.15) is 5.10 Å². The summed E-state index contributed by atoms with van der Waals surface area (Å²) in [5.41, 5.74) is 8.19. The number of carbonyl (C=O) groups is 1. The summed E-state index contributed by atoms with van der Waals surface area (Å²) in [4.78, 5) is 19.7. The number of anilines is 1. The second kappa shape index (κ2) is 7.19. The molecule has 4 aromatic rings. The third-order valence-corrected chi connectivity index (χ3v) is 4.45. The van der Waals surface area contributed by atoms with Gasteiger partial charge in [-0.3, -0.25) is 4.68 Å². The van der Waals surface area contributed by atoms with E-state index in [2.05, 4.69) is 25.4 Å². The van der Waals surface area contributed by atoms with Crippen LogP contribution < -0.4 is 10.5 Å². The Balaban J connectivity index is 1.66. The Morgan fingerprint density at radius 2 is 2.14 bits per heavy atom. The number of aliphatic carboxylic acids is 1. The van der Waals surface area contributed by atoms with Crippen LogP contribution in [0.25, 0.3) is 22.3 Å². The molecule has 0 saturated heterocycles. The smallest absolute Gasteiger partial charge is 0.328 e. The van der Waals surface area contributed by atoms with E-state index in [1.54, 1.807) is 43.2 Å². The fourth-order valence-electron chi connectivity index (χ4n) is 2.94. The fourth-order valence-corrected chi connectivity index (χ4v) is 2.94. The van der Waals surface area contributed by atoms with Crippen LogP contribution in [0.5, 0.6) is 5.75 Å². The number of nitrogens with two attached hydrogens (primary N) is 1. The number of fused-ring (bicyclic) bond motifs is 1. The van der Waals surface area contributed by atoms with Gasteiger partial charge in [0.15, 0.2) is 0 Å². The zero-order valence-corrected chi connectivity index (χ0v) is 15.7. The molecule has 0 spiro atoms. The maximum Gasteiger partial charge on any atom is 0.328 e. The predicted molar refractivity (Wildman–Crippen MR) is 103 cm³/mol. The normalized spacial score (nSPS) is 12.2. The molecule has 3 heterocycles. The number of rotatable bonds is 6. The summed E-state index contributed by atoms with van der Waals surface area (Å²) in [5.74, 6) is -0.261. The SMILES string of the molecule is COc1cccc2c(-c3cn(Cc4ccn(C(C)C(=O)O)n4)nn3)nc(N)nc12. The molecule has 0 fully saturated rings. The Morgan fingerprint density at radius 1 is 1.31 bits per heavy atom. The minimum Gasteiger partial charge on any atom is -0.494 e. The summed E-state index contributed by atoms with van der Waals surface area (Å²) in [6.07, 6.45) is 3.34. The second-order valence-electron chi connectivity index (χ2n) is 6.39. The van der Waals surface area contributed by atoms with E-state index in [9.17, 15) is 4.79 Å². The van der Waals surface area contributed by atoms with E-state index in [1.807, 2.05) is 12.1 Å². The first-order chi connectivity index (χ1) is 14.0. The Labute approximate surface area is 164 Å². The summed E-state index contributed by atoms with van der Waals surface area (Å²) < 4.78 is 8.34. The first-order valence-corrected chi connectivity index (χ1v) is 8.74. The van der Waals surface area contributed by atoms with Gasteiger partial charge in [0.2, 0.25) is 5.95 Å². The summed E-state index contributed by atoms with van der Waals surface area (Å²) >= 11 is 0. The number of methoxy groups -OCH3 is 1. The molecule has 1 unspecified atom stereocenters. The van der Waals surface area contributed by atoms with E-state index in [0.717, 1.165) is 5.39 Å². The van der Waals surface area contributed by atoms with Crippen molar-refractivity contribution in [3.63, 3.8) is 0 Å². The number of aromatic nitrogens is 7. The molecule has 29 heavy (non-hydrogen) atoms. The van der Waals surface area contributed by atoms with Gasteiger partial charge in [-0.15, -0.1) is 5.10 Å². The zero-order valence-electron chi connectivity index (χ0n) is 15.7. The Bertz CT molecular complexity index is 1200. The highest BCUT2D eigenvalue weighted by molar-refractivity contribution is 5.95. The number of nitrogens with zero attached hydrogens (tertiary/aromatic N) is 7. The average molecular weight is 394 g/mol. The van der Waals surface area contributed by atoms with Crippen molar-refractivity contribution >= 4 is 22.8 Å². The first-order valence-electron chi connectivity index (χ1n) is 8.74.